The molecule has 1 aliphatic heterocycles. The molecular formula is C24H28ClN3O6S3. The molecule has 1 aromatic heterocycles. The fraction of sp³-hybridized carbons (Fsp3) is 0.417. The minimum atomic E-state index is -3.55. The van der Waals surface area contributed by atoms with Gasteiger partial charge in [-0.3, -0.25) is 14.6 Å². The number of rotatable bonds is 10. The quantitative estimate of drug-likeness (QED) is 0.356. The predicted octanol–water partition coefficient (Wildman–Crippen LogP) is 3.27. The molecule has 0 spiro atoms. The van der Waals surface area contributed by atoms with E-state index in [9.17, 15) is 21.6 Å². The minimum Gasteiger partial charge on any atom is -0.379 e. The fourth-order valence-corrected chi connectivity index (χ4v) is 7.15. The van der Waals surface area contributed by atoms with Crippen LogP contribution in [0, 0.1) is 0 Å². The number of nitrogens with zero attached hydrogens (tertiary/aromatic N) is 3. The van der Waals surface area contributed by atoms with Crippen molar-refractivity contribution in [1.82, 2.24) is 9.88 Å². The largest absolute Gasteiger partial charge is 0.379 e. The highest BCUT2D eigenvalue weighted by Gasteiger charge is 2.23. The number of anilines is 1. The smallest absolute Gasteiger partial charge is 0.228 e. The summed E-state index contributed by atoms with van der Waals surface area (Å²) in [6.07, 6.45) is 1.33. The number of morpholine rings is 1. The Kier molecular flexibility index (Phi) is 8.87. The number of ether oxygens (including phenoxy) is 1. The van der Waals surface area contributed by atoms with Crippen LogP contribution in [0.1, 0.15) is 12.8 Å². The lowest BCUT2D eigenvalue weighted by Gasteiger charge is -2.29. The highest BCUT2D eigenvalue weighted by Crippen LogP contribution is 2.31. The van der Waals surface area contributed by atoms with E-state index in [1.165, 1.54) is 41.7 Å². The van der Waals surface area contributed by atoms with Crippen LogP contribution in [0.5, 0.6) is 0 Å². The second kappa shape index (κ2) is 11.7. The Morgan fingerprint density at radius 2 is 1.76 bits per heavy atom. The van der Waals surface area contributed by atoms with Gasteiger partial charge in [-0.2, -0.15) is 0 Å². The lowest BCUT2D eigenvalue weighted by Crippen LogP contribution is -2.43. The summed E-state index contributed by atoms with van der Waals surface area (Å²) in [5.41, 5.74) is 0.599. The Hall–Kier alpha value is -2.09. The van der Waals surface area contributed by atoms with E-state index >= 15 is 0 Å². The van der Waals surface area contributed by atoms with Gasteiger partial charge in [0.25, 0.3) is 0 Å². The molecule has 0 saturated carbocycles. The normalized spacial score (nSPS) is 15.2. The average molecular weight is 586 g/mol. The van der Waals surface area contributed by atoms with Gasteiger partial charge in [0.15, 0.2) is 24.8 Å². The minimum absolute atomic E-state index is 0.0282. The number of carbonyl (C=O) groups excluding carboxylic acids is 1. The van der Waals surface area contributed by atoms with Gasteiger partial charge in [0, 0.05) is 43.9 Å². The Bertz CT molecular complexity index is 1470. The molecule has 37 heavy (non-hydrogen) atoms. The summed E-state index contributed by atoms with van der Waals surface area (Å²) in [7, 11) is -6.94. The molecular weight excluding hydrogens is 558 g/mol. The monoisotopic (exact) mass is 585 g/mol. The van der Waals surface area contributed by atoms with Crippen LogP contribution in [0.4, 0.5) is 5.13 Å². The van der Waals surface area contributed by atoms with Gasteiger partial charge in [-0.25, -0.2) is 21.8 Å². The number of aromatic nitrogens is 1. The van der Waals surface area contributed by atoms with Crippen molar-refractivity contribution >= 4 is 63.9 Å². The molecule has 1 saturated heterocycles. The maximum Gasteiger partial charge on any atom is 0.228 e. The van der Waals surface area contributed by atoms with E-state index < -0.39 is 19.7 Å². The van der Waals surface area contributed by atoms with Crippen LogP contribution in [0.2, 0.25) is 5.02 Å². The highest BCUT2D eigenvalue weighted by atomic mass is 35.5. The van der Waals surface area contributed by atoms with Crippen molar-refractivity contribution in [2.24, 2.45) is 0 Å². The number of hydrogen-bond donors (Lipinski definition) is 0. The number of carbonyl (C=O) groups is 1. The van der Waals surface area contributed by atoms with Crippen LogP contribution in [0.3, 0.4) is 0 Å². The van der Waals surface area contributed by atoms with Crippen molar-refractivity contribution in [3.05, 3.63) is 47.5 Å². The third-order valence-corrected chi connectivity index (χ3v) is 10.2. The summed E-state index contributed by atoms with van der Waals surface area (Å²) in [4.78, 5) is 22.0. The summed E-state index contributed by atoms with van der Waals surface area (Å²) in [6, 6.07) is 10.7. The molecule has 200 valence electrons. The molecule has 0 bridgehead atoms. The van der Waals surface area contributed by atoms with Crippen LogP contribution < -0.4 is 4.90 Å². The van der Waals surface area contributed by atoms with Crippen LogP contribution in [-0.2, 0) is 29.2 Å². The van der Waals surface area contributed by atoms with Crippen molar-refractivity contribution < 1.29 is 26.4 Å². The molecule has 1 amide bonds. The van der Waals surface area contributed by atoms with E-state index in [4.69, 9.17) is 16.3 Å². The Morgan fingerprint density at radius 1 is 1.08 bits per heavy atom. The van der Waals surface area contributed by atoms with E-state index in [-0.39, 0.29) is 34.3 Å². The van der Waals surface area contributed by atoms with Crippen LogP contribution in [0.25, 0.3) is 10.2 Å². The van der Waals surface area contributed by atoms with Gasteiger partial charge < -0.3 is 4.74 Å². The molecule has 1 fully saturated rings. The Morgan fingerprint density at radius 3 is 2.43 bits per heavy atom. The van der Waals surface area contributed by atoms with Gasteiger partial charge in [-0.05, 0) is 48.9 Å². The van der Waals surface area contributed by atoms with Crippen LogP contribution in [-0.4, -0.2) is 84.0 Å². The van der Waals surface area contributed by atoms with Crippen LogP contribution in [0.15, 0.2) is 52.3 Å². The van der Waals surface area contributed by atoms with Gasteiger partial charge in [0.2, 0.25) is 5.91 Å². The standard InChI is InChI=1S/C24H28ClN3O6S3/c1-36(30,31)20-8-9-21-22(17-20)35-24(26-21)28(11-10-27-12-14-34-15-13-27)23(29)3-2-16-37(32,33)19-6-4-18(25)5-7-19/h4-9,17H,2-3,10-16H2,1H3. The Labute approximate surface area is 225 Å². The number of amides is 1. The third-order valence-electron chi connectivity index (χ3n) is 6.03. The van der Waals surface area contributed by atoms with Crippen molar-refractivity contribution in [2.75, 3.05) is 56.3 Å². The second-order valence-corrected chi connectivity index (χ2v) is 14.3. The first-order chi connectivity index (χ1) is 17.5. The van der Waals surface area contributed by atoms with Gasteiger partial charge in [-0.1, -0.05) is 22.9 Å². The predicted molar refractivity (Wildman–Crippen MR) is 145 cm³/mol. The summed E-state index contributed by atoms with van der Waals surface area (Å²) in [6.45, 7) is 3.78. The first kappa shape index (κ1) is 27.9. The van der Waals surface area contributed by atoms with Crippen molar-refractivity contribution in [2.45, 2.75) is 22.6 Å². The van der Waals surface area contributed by atoms with E-state index in [0.29, 0.717) is 46.7 Å². The highest BCUT2D eigenvalue weighted by molar-refractivity contribution is 7.91. The van der Waals surface area contributed by atoms with E-state index in [2.05, 4.69) is 9.88 Å². The summed E-state index contributed by atoms with van der Waals surface area (Å²) in [5.74, 6) is -0.406. The molecule has 9 nitrogen and oxygen atoms in total. The first-order valence-corrected chi connectivity index (χ1v) is 16.5. The van der Waals surface area contributed by atoms with E-state index in [1.807, 2.05) is 0 Å². The molecule has 0 N–H and O–H groups in total. The topological polar surface area (TPSA) is 114 Å². The Balaban J connectivity index is 1.50. The number of benzene rings is 2. The summed E-state index contributed by atoms with van der Waals surface area (Å²) >= 11 is 7.10. The van der Waals surface area contributed by atoms with Gasteiger partial charge in [0.05, 0.1) is 39.0 Å². The van der Waals surface area contributed by atoms with Gasteiger partial charge in [0.1, 0.15) is 0 Å². The molecule has 13 heteroatoms. The molecule has 2 aromatic carbocycles. The van der Waals surface area contributed by atoms with Crippen molar-refractivity contribution in [3.63, 3.8) is 0 Å². The molecule has 0 aliphatic carbocycles. The average Bonchev–Trinajstić information content (AvgIpc) is 3.27. The number of halogens is 1. The third kappa shape index (κ3) is 7.27. The van der Waals surface area contributed by atoms with Gasteiger partial charge in [-0.15, -0.1) is 0 Å². The van der Waals surface area contributed by atoms with Crippen molar-refractivity contribution in [1.29, 1.82) is 0 Å². The number of thiazole rings is 1. The second-order valence-electron chi connectivity index (χ2n) is 8.77. The summed E-state index contributed by atoms with van der Waals surface area (Å²) in [5, 5.41) is 0.906. The fourth-order valence-electron chi connectivity index (χ4n) is 3.94. The zero-order valence-electron chi connectivity index (χ0n) is 20.3. The molecule has 1 aliphatic rings. The maximum absolute atomic E-state index is 13.3. The lowest BCUT2D eigenvalue weighted by atomic mass is 10.3. The molecule has 2 heterocycles. The molecule has 0 atom stereocenters. The molecule has 3 aromatic rings. The molecule has 0 radical (unpaired) electrons. The first-order valence-electron chi connectivity index (χ1n) is 11.7. The van der Waals surface area contributed by atoms with E-state index in [1.54, 1.807) is 17.0 Å². The number of sulfone groups is 2. The van der Waals surface area contributed by atoms with Gasteiger partial charge >= 0.3 is 0 Å². The van der Waals surface area contributed by atoms with Crippen molar-refractivity contribution in [3.8, 4) is 0 Å². The zero-order chi connectivity index (χ0) is 26.6. The maximum atomic E-state index is 13.3. The molecule has 0 unspecified atom stereocenters. The summed E-state index contributed by atoms with van der Waals surface area (Å²) < 4.78 is 55.4. The van der Waals surface area contributed by atoms with Crippen LogP contribution >= 0.6 is 22.9 Å². The lowest BCUT2D eigenvalue weighted by molar-refractivity contribution is -0.118. The number of fused-ring (bicyclic) bond motifs is 1. The number of hydrogen-bond acceptors (Lipinski definition) is 9. The zero-order valence-corrected chi connectivity index (χ0v) is 23.5. The molecule has 4 rings (SSSR count). The van der Waals surface area contributed by atoms with E-state index in [0.717, 1.165) is 19.3 Å². The SMILES string of the molecule is CS(=O)(=O)c1ccc2nc(N(CCN3CCOCC3)C(=O)CCCS(=O)(=O)c3ccc(Cl)cc3)sc2c1.